The molecule has 82 valence electrons. The Morgan fingerprint density at radius 1 is 1.25 bits per heavy atom. The number of hydrogen-bond acceptors (Lipinski definition) is 3. The van der Waals surface area contributed by atoms with Crippen LogP contribution in [0.5, 0.6) is 0 Å². The second-order valence-electron chi connectivity index (χ2n) is 3.51. The third-order valence-corrected chi connectivity index (χ3v) is 2.30. The smallest absolute Gasteiger partial charge is 0.147 e. The van der Waals surface area contributed by atoms with Gasteiger partial charge in [-0.25, -0.2) is 4.39 Å². The van der Waals surface area contributed by atoms with Gasteiger partial charge in [-0.05, 0) is 25.1 Å². The molecule has 0 spiro atoms. The van der Waals surface area contributed by atoms with E-state index in [4.69, 9.17) is 0 Å². The van der Waals surface area contributed by atoms with E-state index in [-0.39, 0.29) is 5.69 Å². The summed E-state index contributed by atoms with van der Waals surface area (Å²) in [5, 5.41) is 9.92. The molecule has 0 radical (unpaired) electrons. The molecule has 0 saturated carbocycles. The molecule has 1 N–H and O–H groups in total. The molecule has 2 rings (SSSR count). The lowest BCUT2D eigenvalue weighted by Gasteiger charge is -2.10. The summed E-state index contributed by atoms with van der Waals surface area (Å²) in [5.74, 6) is -0.518. The Morgan fingerprint density at radius 2 is 2.06 bits per heavy atom. The average molecular weight is 218 g/mol. The van der Waals surface area contributed by atoms with E-state index < -0.39 is 11.9 Å². The van der Waals surface area contributed by atoms with Crippen molar-refractivity contribution in [2.24, 2.45) is 0 Å². The van der Waals surface area contributed by atoms with E-state index in [1.807, 2.05) is 6.92 Å². The van der Waals surface area contributed by atoms with Crippen molar-refractivity contribution in [3.63, 3.8) is 0 Å². The van der Waals surface area contributed by atoms with Gasteiger partial charge in [0.25, 0.3) is 0 Å². The Bertz CT molecular complexity index is 485. The van der Waals surface area contributed by atoms with Crippen LogP contribution in [0.25, 0.3) is 0 Å². The standard InChI is InChI=1S/C12H11FN2O/c1-8-4-5-9(7-15-8)12(16)11-10(13)3-2-6-14-11/h2-7,12,16H,1H3. The van der Waals surface area contributed by atoms with E-state index in [2.05, 4.69) is 9.97 Å². The van der Waals surface area contributed by atoms with Gasteiger partial charge in [0.1, 0.15) is 17.6 Å². The number of aryl methyl sites for hydroxylation is 1. The van der Waals surface area contributed by atoms with Gasteiger partial charge in [-0.3, -0.25) is 9.97 Å². The zero-order valence-electron chi connectivity index (χ0n) is 8.76. The van der Waals surface area contributed by atoms with Crippen molar-refractivity contribution >= 4 is 0 Å². The Morgan fingerprint density at radius 3 is 2.69 bits per heavy atom. The Hall–Kier alpha value is -1.81. The van der Waals surface area contributed by atoms with Crippen LogP contribution in [-0.4, -0.2) is 15.1 Å². The Balaban J connectivity index is 2.35. The molecule has 0 fully saturated rings. The van der Waals surface area contributed by atoms with Gasteiger partial charge in [0, 0.05) is 23.7 Å². The molecule has 1 atom stereocenters. The van der Waals surface area contributed by atoms with Gasteiger partial charge < -0.3 is 5.11 Å². The minimum Gasteiger partial charge on any atom is -0.382 e. The van der Waals surface area contributed by atoms with Gasteiger partial charge in [0.15, 0.2) is 0 Å². The average Bonchev–Trinajstić information content (AvgIpc) is 2.30. The molecule has 0 bridgehead atoms. The number of rotatable bonds is 2. The molecule has 4 heteroatoms. The lowest BCUT2D eigenvalue weighted by Crippen LogP contribution is -2.05. The molecule has 0 amide bonds. The lowest BCUT2D eigenvalue weighted by molar-refractivity contribution is 0.209. The summed E-state index contributed by atoms with van der Waals surface area (Å²) >= 11 is 0. The number of aromatic nitrogens is 2. The maximum absolute atomic E-state index is 13.4. The van der Waals surface area contributed by atoms with Crippen LogP contribution in [0, 0.1) is 12.7 Å². The van der Waals surface area contributed by atoms with Crippen LogP contribution in [0.4, 0.5) is 4.39 Å². The summed E-state index contributed by atoms with van der Waals surface area (Å²) < 4.78 is 13.4. The monoisotopic (exact) mass is 218 g/mol. The number of nitrogens with zero attached hydrogens (tertiary/aromatic N) is 2. The summed E-state index contributed by atoms with van der Waals surface area (Å²) in [6, 6.07) is 6.23. The molecule has 3 nitrogen and oxygen atoms in total. The SMILES string of the molecule is Cc1ccc(C(O)c2ncccc2F)cn1. The molecule has 0 aromatic carbocycles. The van der Waals surface area contributed by atoms with Crippen LogP contribution in [0.15, 0.2) is 36.7 Å². The van der Waals surface area contributed by atoms with E-state index in [1.54, 1.807) is 12.1 Å². The minimum atomic E-state index is -1.07. The van der Waals surface area contributed by atoms with E-state index in [1.165, 1.54) is 24.5 Å². The van der Waals surface area contributed by atoms with Gasteiger partial charge >= 0.3 is 0 Å². The van der Waals surface area contributed by atoms with Crippen LogP contribution in [-0.2, 0) is 0 Å². The van der Waals surface area contributed by atoms with Crippen LogP contribution in [0.2, 0.25) is 0 Å². The lowest BCUT2D eigenvalue weighted by atomic mass is 10.1. The highest BCUT2D eigenvalue weighted by molar-refractivity contribution is 5.24. The highest BCUT2D eigenvalue weighted by Gasteiger charge is 2.16. The van der Waals surface area contributed by atoms with Gasteiger partial charge in [-0.2, -0.15) is 0 Å². The van der Waals surface area contributed by atoms with Gasteiger partial charge in [0.05, 0.1) is 0 Å². The van der Waals surface area contributed by atoms with Crippen LogP contribution >= 0.6 is 0 Å². The molecule has 0 aliphatic rings. The Labute approximate surface area is 92.6 Å². The fourth-order valence-electron chi connectivity index (χ4n) is 1.40. The van der Waals surface area contributed by atoms with Crippen molar-refractivity contribution in [2.75, 3.05) is 0 Å². The van der Waals surface area contributed by atoms with Gasteiger partial charge in [0.2, 0.25) is 0 Å². The fourth-order valence-corrected chi connectivity index (χ4v) is 1.40. The van der Waals surface area contributed by atoms with Crippen molar-refractivity contribution in [3.05, 3.63) is 59.4 Å². The maximum Gasteiger partial charge on any atom is 0.147 e. The zero-order chi connectivity index (χ0) is 11.5. The predicted octanol–water partition coefficient (Wildman–Crippen LogP) is 2.01. The summed E-state index contributed by atoms with van der Waals surface area (Å²) in [5.41, 5.74) is 1.40. The first-order chi connectivity index (χ1) is 7.68. The largest absolute Gasteiger partial charge is 0.382 e. The quantitative estimate of drug-likeness (QED) is 0.838. The van der Waals surface area contributed by atoms with E-state index in [0.717, 1.165) is 5.69 Å². The van der Waals surface area contributed by atoms with Crippen molar-refractivity contribution in [1.82, 2.24) is 9.97 Å². The van der Waals surface area contributed by atoms with Crippen LogP contribution in [0.3, 0.4) is 0 Å². The first kappa shape index (κ1) is 10.7. The van der Waals surface area contributed by atoms with Crippen LogP contribution in [0.1, 0.15) is 23.1 Å². The first-order valence-corrected chi connectivity index (χ1v) is 4.89. The van der Waals surface area contributed by atoms with Crippen molar-refractivity contribution in [1.29, 1.82) is 0 Å². The highest BCUT2D eigenvalue weighted by atomic mass is 19.1. The highest BCUT2D eigenvalue weighted by Crippen LogP contribution is 2.21. The normalized spacial score (nSPS) is 12.4. The van der Waals surface area contributed by atoms with Gasteiger partial charge in [-0.15, -0.1) is 0 Å². The number of hydrogen-bond donors (Lipinski definition) is 1. The number of aliphatic hydroxyl groups excluding tert-OH is 1. The number of pyridine rings is 2. The second kappa shape index (κ2) is 4.37. The molecule has 2 heterocycles. The number of aliphatic hydroxyl groups is 1. The topological polar surface area (TPSA) is 46.0 Å². The molecule has 0 aliphatic carbocycles. The van der Waals surface area contributed by atoms with E-state index >= 15 is 0 Å². The van der Waals surface area contributed by atoms with Crippen molar-refractivity contribution in [3.8, 4) is 0 Å². The summed E-state index contributed by atoms with van der Waals surface area (Å²) in [4.78, 5) is 7.87. The van der Waals surface area contributed by atoms with E-state index in [9.17, 15) is 9.50 Å². The molecule has 1 unspecified atom stereocenters. The molecule has 2 aromatic rings. The molecule has 0 saturated heterocycles. The van der Waals surface area contributed by atoms with Gasteiger partial charge in [-0.1, -0.05) is 6.07 Å². The van der Waals surface area contributed by atoms with Crippen molar-refractivity contribution < 1.29 is 9.50 Å². The summed E-state index contributed by atoms with van der Waals surface area (Å²) in [6.45, 7) is 1.84. The predicted molar refractivity (Wildman–Crippen MR) is 57.2 cm³/mol. The minimum absolute atomic E-state index is 0.0214. The molecular formula is C12H11FN2O. The van der Waals surface area contributed by atoms with Crippen molar-refractivity contribution in [2.45, 2.75) is 13.0 Å². The first-order valence-electron chi connectivity index (χ1n) is 4.89. The fraction of sp³-hybridized carbons (Fsp3) is 0.167. The molecule has 2 aromatic heterocycles. The molecular weight excluding hydrogens is 207 g/mol. The summed E-state index contributed by atoms with van der Waals surface area (Å²) in [6.07, 6.45) is 1.89. The summed E-state index contributed by atoms with van der Waals surface area (Å²) in [7, 11) is 0. The molecule has 16 heavy (non-hydrogen) atoms. The maximum atomic E-state index is 13.4. The molecule has 0 aliphatic heterocycles. The number of halogens is 1. The Kier molecular flexibility index (Phi) is 2.92. The third-order valence-electron chi connectivity index (χ3n) is 2.30. The third kappa shape index (κ3) is 2.06. The zero-order valence-corrected chi connectivity index (χ0v) is 8.76. The van der Waals surface area contributed by atoms with Crippen LogP contribution < -0.4 is 0 Å². The second-order valence-corrected chi connectivity index (χ2v) is 3.51. The van der Waals surface area contributed by atoms with E-state index in [0.29, 0.717) is 5.56 Å².